The highest BCUT2D eigenvalue weighted by Gasteiger charge is 2.18. The van der Waals surface area contributed by atoms with Crippen LogP contribution in [0.15, 0.2) is 18.2 Å². The molecular weight excluding hydrogens is 204 g/mol. The third kappa shape index (κ3) is 2.42. The van der Waals surface area contributed by atoms with Crippen molar-refractivity contribution in [2.75, 3.05) is 20.3 Å². The highest BCUT2D eigenvalue weighted by atomic mass is 16.5. The summed E-state index contributed by atoms with van der Waals surface area (Å²) in [4.78, 5) is 10.7. The minimum Gasteiger partial charge on any atom is -0.496 e. The summed E-state index contributed by atoms with van der Waals surface area (Å²) in [6.45, 7) is 1.66. The quantitative estimate of drug-likeness (QED) is 0.729. The van der Waals surface area contributed by atoms with Crippen LogP contribution in [0.2, 0.25) is 0 Å². The van der Waals surface area contributed by atoms with Crippen molar-refractivity contribution < 1.29 is 14.3 Å². The van der Waals surface area contributed by atoms with Gasteiger partial charge in [-0.2, -0.15) is 0 Å². The van der Waals surface area contributed by atoms with Gasteiger partial charge in [-0.15, -0.1) is 0 Å². The summed E-state index contributed by atoms with van der Waals surface area (Å²) >= 11 is 0. The minimum atomic E-state index is 0.552. The first kappa shape index (κ1) is 11.1. The molecule has 2 rings (SSSR count). The molecule has 0 radical (unpaired) electrons. The van der Waals surface area contributed by atoms with Crippen LogP contribution in [0, 0.1) is 5.92 Å². The number of ether oxygens (including phenoxy) is 2. The predicted molar refractivity (Wildman–Crippen MR) is 61.0 cm³/mol. The largest absolute Gasteiger partial charge is 0.496 e. The highest BCUT2D eigenvalue weighted by Crippen LogP contribution is 2.25. The van der Waals surface area contributed by atoms with Crippen LogP contribution in [0.5, 0.6) is 5.75 Å². The Bertz CT molecular complexity index is 367. The van der Waals surface area contributed by atoms with Crippen molar-refractivity contribution in [3.63, 3.8) is 0 Å². The first-order valence-electron chi connectivity index (χ1n) is 5.53. The Morgan fingerprint density at radius 1 is 1.56 bits per heavy atom. The van der Waals surface area contributed by atoms with Crippen LogP contribution in [-0.2, 0) is 11.2 Å². The van der Waals surface area contributed by atoms with Gasteiger partial charge < -0.3 is 9.47 Å². The second kappa shape index (κ2) is 5.12. The zero-order valence-electron chi connectivity index (χ0n) is 9.44. The molecule has 0 saturated carbocycles. The van der Waals surface area contributed by atoms with Crippen LogP contribution in [0.4, 0.5) is 0 Å². The van der Waals surface area contributed by atoms with E-state index in [-0.39, 0.29) is 0 Å². The molecule has 86 valence electrons. The third-order valence-corrected chi connectivity index (χ3v) is 2.97. The fraction of sp³-hybridized carbons (Fsp3) is 0.462. The van der Waals surface area contributed by atoms with Crippen LogP contribution in [0.3, 0.4) is 0 Å². The molecule has 3 heteroatoms. The van der Waals surface area contributed by atoms with Gasteiger partial charge in [0.2, 0.25) is 0 Å². The molecule has 0 aromatic heterocycles. The molecule has 1 atom stereocenters. The van der Waals surface area contributed by atoms with Gasteiger partial charge in [0, 0.05) is 18.8 Å². The van der Waals surface area contributed by atoms with Crippen LogP contribution >= 0.6 is 0 Å². The van der Waals surface area contributed by atoms with E-state index in [1.165, 1.54) is 0 Å². The summed E-state index contributed by atoms with van der Waals surface area (Å²) in [5, 5.41) is 0. The minimum absolute atomic E-state index is 0.552. The van der Waals surface area contributed by atoms with Gasteiger partial charge in [-0.3, -0.25) is 4.79 Å². The Balaban J connectivity index is 2.18. The third-order valence-electron chi connectivity index (χ3n) is 2.97. The summed E-state index contributed by atoms with van der Waals surface area (Å²) in [7, 11) is 1.66. The topological polar surface area (TPSA) is 35.5 Å². The van der Waals surface area contributed by atoms with E-state index in [4.69, 9.17) is 9.47 Å². The highest BCUT2D eigenvalue weighted by molar-refractivity contribution is 5.75. The molecule has 0 N–H and O–H groups in total. The maximum absolute atomic E-state index is 10.7. The van der Waals surface area contributed by atoms with E-state index >= 15 is 0 Å². The van der Waals surface area contributed by atoms with Gasteiger partial charge in [-0.1, -0.05) is 0 Å². The van der Waals surface area contributed by atoms with Crippen molar-refractivity contribution in [3.05, 3.63) is 29.3 Å². The van der Waals surface area contributed by atoms with E-state index in [9.17, 15) is 4.79 Å². The molecule has 0 aliphatic carbocycles. The lowest BCUT2D eigenvalue weighted by Gasteiger charge is -2.12. The Kier molecular flexibility index (Phi) is 3.57. The van der Waals surface area contributed by atoms with E-state index in [2.05, 4.69) is 0 Å². The molecule has 0 bridgehead atoms. The lowest BCUT2D eigenvalue weighted by atomic mass is 9.97. The average Bonchev–Trinajstić information content (AvgIpc) is 2.82. The molecule has 3 nitrogen and oxygen atoms in total. The number of carbonyl (C=O) groups excluding carboxylic acids is 1. The van der Waals surface area contributed by atoms with Gasteiger partial charge in [-0.05, 0) is 42.5 Å². The van der Waals surface area contributed by atoms with Crippen molar-refractivity contribution in [2.24, 2.45) is 5.92 Å². The molecular formula is C13H16O3. The lowest BCUT2D eigenvalue weighted by Crippen LogP contribution is -2.05. The van der Waals surface area contributed by atoms with Crippen LogP contribution in [-0.4, -0.2) is 26.6 Å². The Morgan fingerprint density at radius 2 is 2.44 bits per heavy atom. The van der Waals surface area contributed by atoms with Gasteiger partial charge in [0.1, 0.15) is 12.0 Å². The van der Waals surface area contributed by atoms with E-state index in [0.717, 1.165) is 43.7 Å². The SMILES string of the molecule is COc1ccc(C=O)cc1C[C@@H]1CCOC1. The molecule has 1 aliphatic heterocycles. The average molecular weight is 220 g/mol. The van der Waals surface area contributed by atoms with Crippen LogP contribution in [0.1, 0.15) is 22.3 Å². The molecule has 1 aromatic carbocycles. The van der Waals surface area contributed by atoms with Gasteiger partial charge >= 0.3 is 0 Å². The lowest BCUT2D eigenvalue weighted by molar-refractivity contribution is 0.112. The number of carbonyl (C=O) groups is 1. The number of rotatable bonds is 4. The Hall–Kier alpha value is -1.35. The number of aldehydes is 1. The zero-order chi connectivity index (χ0) is 11.4. The molecule has 1 fully saturated rings. The van der Waals surface area contributed by atoms with E-state index in [0.29, 0.717) is 11.5 Å². The Labute approximate surface area is 95.4 Å². The molecule has 0 spiro atoms. The first-order valence-corrected chi connectivity index (χ1v) is 5.53. The van der Waals surface area contributed by atoms with E-state index in [1.54, 1.807) is 13.2 Å². The summed E-state index contributed by atoms with van der Waals surface area (Å²) in [6, 6.07) is 5.54. The normalized spacial score (nSPS) is 19.7. The van der Waals surface area contributed by atoms with Crippen LogP contribution in [0.25, 0.3) is 0 Å². The Morgan fingerprint density at radius 3 is 3.06 bits per heavy atom. The number of methoxy groups -OCH3 is 1. The number of benzene rings is 1. The van der Waals surface area contributed by atoms with Crippen LogP contribution < -0.4 is 4.74 Å². The van der Waals surface area contributed by atoms with E-state index in [1.807, 2.05) is 12.1 Å². The predicted octanol–water partition coefficient (Wildman–Crippen LogP) is 2.09. The van der Waals surface area contributed by atoms with Gasteiger partial charge in [0.15, 0.2) is 0 Å². The van der Waals surface area contributed by atoms with Gasteiger partial charge in [0.05, 0.1) is 7.11 Å². The second-order valence-electron chi connectivity index (χ2n) is 4.12. The molecule has 1 saturated heterocycles. The fourth-order valence-corrected chi connectivity index (χ4v) is 2.09. The maximum atomic E-state index is 10.7. The second-order valence-corrected chi connectivity index (χ2v) is 4.12. The van der Waals surface area contributed by atoms with Crippen molar-refractivity contribution in [1.29, 1.82) is 0 Å². The summed E-state index contributed by atoms with van der Waals surface area (Å²) in [5.41, 5.74) is 1.80. The molecule has 1 aliphatic rings. The fourth-order valence-electron chi connectivity index (χ4n) is 2.09. The molecule has 0 unspecified atom stereocenters. The van der Waals surface area contributed by atoms with Crippen molar-refractivity contribution in [3.8, 4) is 5.75 Å². The van der Waals surface area contributed by atoms with Crippen molar-refractivity contribution in [1.82, 2.24) is 0 Å². The van der Waals surface area contributed by atoms with Gasteiger partial charge in [-0.25, -0.2) is 0 Å². The molecule has 16 heavy (non-hydrogen) atoms. The maximum Gasteiger partial charge on any atom is 0.150 e. The molecule has 0 amide bonds. The van der Waals surface area contributed by atoms with Crippen molar-refractivity contribution in [2.45, 2.75) is 12.8 Å². The van der Waals surface area contributed by atoms with Crippen molar-refractivity contribution >= 4 is 6.29 Å². The standard InChI is InChI=1S/C13H16O3/c1-15-13-3-2-10(8-14)6-12(13)7-11-4-5-16-9-11/h2-3,6,8,11H,4-5,7,9H2,1H3/t11-/m0/s1. The molecule has 1 aromatic rings. The number of hydrogen-bond acceptors (Lipinski definition) is 3. The number of hydrogen-bond donors (Lipinski definition) is 0. The first-order chi connectivity index (χ1) is 7.83. The molecule has 1 heterocycles. The van der Waals surface area contributed by atoms with E-state index < -0.39 is 0 Å². The summed E-state index contributed by atoms with van der Waals surface area (Å²) < 4.78 is 10.6. The zero-order valence-corrected chi connectivity index (χ0v) is 9.44. The summed E-state index contributed by atoms with van der Waals surface area (Å²) in [6.07, 6.45) is 2.88. The van der Waals surface area contributed by atoms with Gasteiger partial charge in [0.25, 0.3) is 0 Å². The monoisotopic (exact) mass is 220 g/mol. The summed E-state index contributed by atoms with van der Waals surface area (Å²) in [5.74, 6) is 1.41. The smallest absolute Gasteiger partial charge is 0.150 e.